The van der Waals surface area contributed by atoms with E-state index in [1.54, 1.807) is 20.0 Å². The van der Waals surface area contributed by atoms with E-state index in [4.69, 9.17) is 16.1 Å². The summed E-state index contributed by atoms with van der Waals surface area (Å²) in [5.41, 5.74) is 1.63. The summed E-state index contributed by atoms with van der Waals surface area (Å²) in [5, 5.41) is 5.71. The molecule has 0 unspecified atom stereocenters. The van der Waals surface area contributed by atoms with Gasteiger partial charge in [-0.05, 0) is 42.3 Å². The summed E-state index contributed by atoms with van der Waals surface area (Å²) >= 11 is 6.15. The van der Waals surface area contributed by atoms with Crippen molar-refractivity contribution in [3.05, 3.63) is 77.0 Å². The fourth-order valence-electron chi connectivity index (χ4n) is 4.04. The highest BCUT2D eigenvalue weighted by molar-refractivity contribution is 7.92. The summed E-state index contributed by atoms with van der Waals surface area (Å²) in [6.45, 7) is 3.81. The fourth-order valence-corrected chi connectivity index (χ4v) is 4.68. The molecule has 2 heterocycles. The first kappa shape index (κ1) is 21.4. The predicted octanol–water partition coefficient (Wildman–Crippen LogP) is 4.58. The monoisotopic (exact) mass is 458 g/mol. The van der Waals surface area contributed by atoms with Gasteiger partial charge >= 0.3 is 0 Å². The molecule has 4 aromatic rings. The number of anilines is 1. The van der Waals surface area contributed by atoms with Gasteiger partial charge in [0.25, 0.3) is 0 Å². The van der Waals surface area contributed by atoms with Crippen molar-refractivity contribution in [1.29, 1.82) is 0 Å². The Hall–Kier alpha value is -2.84. The molecular weight excluding hydrogens is 436 g/mol. The normalized spacial score (nSPS) is 14.0. The van der Waals surface area contributed by atoms with Crippen molar-refractivity contribution in [2.24, 2.45) is 0 Å². The van der Waals surface area contributed by atoms with Gasteiger partial charge in [0, 0.05) is 30.6 Å². The van der Waals surface area contributed by atoms with Crippen LogP contribution in [0.15, 0.2) is 59.3 Å². The van der Waals surface area contributed by atoms with Crippen LogP contribution in [0.2, 0.25) is 5.02 Å². The number of aryl methyl sites for hydroxylation is 1. The quantitative estimate of drug-likeness (QED) is 0.422. The van der Waals surface area contributed by atoms with E-state index in [-0.39, 0.29) is 0 Å². The molecule has 9 heteroatoms. The lowest BCUT2D eigenvalue weighted by Crippen LogP contribution is -2.36. The van der Waals surface area contributed by atoms with Crippen LogP contribution >= 0.6 is 11.6 Å². The van der Waals surface area contributed by atoms with Crippen LogP contribution in [-0.2, 0) is 15.6 Å². The van der Waals surface area contributed by atoms with Gasteiger partial charge in [-0.15, -0.1) is 0 Å². The minimum absolute atomic E-state index is 0.468. The molecule has 0 aliphatic rings. The first-order valence-corrected chi connectivity index (χ1v) is 12.0. The molecule has 0 amide bonds. The third-order valence-corrected chi connectivity index (χ3v) is 7.13. The molecule has 0 N–H and O–H groups in total. The number of sulfonamides is 1. The Morgan fingerprint density at radius 3 is 2.45 bits per heavy atom. The number of benzene rings is 2. The number of aromatic nitrogens is 3. The van der Waals surface area contributed by atoms with Crippen molar-refractivity contribution < 1.29 is 12.9 Å². The van der Waals surface area contributed by atoms with Gasteiger partial charge in [0.15, 0.2) is 0 Å². The van der Waals surface area contributed by atoms with E-state index in [2.05, 4.69) is 21.6 Å². The van der Waals surface area contributed by atoms with Crippen LogP contribution in [-0.4, -0.2) is 36.4 Å². The second kappa shape index (κ2) is 7.69. The molecule has 2 aromatic carbocycles. The van der Waals surface area contributed by atoms with Crippen molar-refractivity contribution in [2.45, 2.75) is 25.8 Å². The molecule has 31 heavy (non-hydrogen) atoms. The highest BCUT2D eigenvalue weighted by Crippen LogP contribution is 2.40. The Balaban J connectivity index is 2.04. The zero-order chi connectivity index (χ0) is 22.4. The van der Waals surface area contributed by atoms with Gasteiger partial charge < -0.3 is 9.09 Å². The van der Waals surface area contributed by atoms with Gasteiger partial charge in [-0.1, -0.05) is 41.9 Å². The lowest BCUT2D eigenvalue weighted by atomic mass is 9.85. The molecule has 0 saturated heterocycles. The molecule has 2 aromatic heterocycles. The zero-order valence-corrected chi connectivity index (χ0v) is 19.3. The predicted molar refractivity (Wildman–Crippen MR) is 122 cm³/mol. The lowest BCUT2D eigenvalue weighted by Gasteiger charge is -2.33. The Morgan fingerprint density at radius 2 is 1.87 bits per heavy atom. The standard InChI is InChI=1S/C22H23ClN4O3S/c1-5-22(21-24-15(2)30-25-21,16-9-11-17(23)12-10-16)27-14-13-18-19(7-6-8-20(18)27)26(3)31(4,28)29/h6-14H,5H2,1-4H3/t22-/m1/s1. The van der Waals surface area contributed by atoms with Crippen LogP contribution in [0.1, 0.15) is 30.6 Å². The largest absolute Gasteiger partial charge is 0.340 e. The van der Waals surface area contributed by atoms with Gasteiger partial charge in [-0.25, -0.2) is 8.42 Å². The first-order valence-electron chi connectivity index (χ1n) is 9.79. The van der Waals surface area contributed by atoms with E-state index in [1.807, 2.05) is 48.7 Å². The number of fused-ring (bicyclic) bond motifs is 1. The molecule has 7 nitrogen and oxygen atoms in total. The third-order valence-electron chi connectivity index (χ3n) is 5.69. The van der Waals surface area contributed by atoms with Gasteiger partial charge in [0.1, 0.15) is 5.54 Å². The van der Waals surface area contributed by atoms with Gasteiger partial charge in [0.2, 0.25) is 21.7 Å². The lowest BCUT2D eigenvalue weighted by molar-refractivity contribution is 0.348. The molecule has 4 rings (SSSR count). The summed E-state index contributed by atoms with van der Waals surface area (Å²) in [5.74, 6) is 0.991. The smallest absolute Gasteiger partial charge is 0.232 e. The summed E-state index contributed by atoms with van der Waals surface area (Å²) in [6, 6.07) is 15.1. The fraction of sp³-hybridized carbons (Fsp3) is 0.273. The van der Waals surface area contributed by atoms with E-state index in [0.29, 0.717) is 28.8 Å². The maximum atomic E-state index is 12.2. The van der Waals surface area contributed by atoms with Gasteiger partial charge in [-0.3, -0.25) is 4.31 Å². The molecule has 0 spiro atoms. The maximum absolute atomic E-state index is 12.2. The van der Waals surface area contributed by atoms with Crippen LogP contribution in [0.25, 0.3) is 10.9 Å². The van der Waals surface area contributed by atoms with E-state index >= 15 is 0 Å². The minimum atomic E-state index is -3.42. The van der Waals surface area contributed by atoms with Gasteiger partial charge in [0.05, 0.1) is 17.5 Å². The summed E-state index contributed by atoms with van der Waals surface area (Å²) in [7, 11) is -1.86. The second-order valence-electron chi connectivity index (χ2n) is 7.48. The molecule has 0 saturated carbocycles. The molecule has 0 bridgehead atoms. The highest BCUT2D eigenvalue weighted by Gasteiger charge is 2.40. The third kappa shape index (κ3) is 3.49. The van der Waals surface area contributed by atoms with Crippen molar-refractivity contribution in [2.75, 3.05) is 17.6 Å². The molecular formula is C22H23ClN4O3S. The molecule has 0 aliphatic heterocycles. The minimum Gasteiger partial charge on any atom is -0.340 e. The zero-order valence-electron chi connectivity index (χ0n) is 17.7. The Bertz CT molecular complexity index is 1340. The number of rotatable bonds is 6. The average Bonchev–Trinajstić information content (AvgIpc) is 3.36. The summed E-state index contributed by atoms with van der Waals surface area (Å²) in [4.78, 5) is 4.57. The van der Waals surface area contributed by atoms with E-state index < -0.39 is 15.6 Å². The summed E-state index contributed by atoms with van der Waals surface area (Å²) < 4.78 is 33.1. The molecule has 0 fully saturated rings. The van der Waals surface area contributed by atoms with E-state index in [1.165, 1.54) is 10.6 Å². The molecule has 1 atom stereocenters. The van der Waals surface area contributed by atoms with Crippen molar-refractivity contribution >= 4 is 38.2 Å². The number of hydrogen-bond acceptors (Lipinski definition) is 5. The van der Waals surface area contributed by atoms with E-state index in [9.17, 15) is 8.42 Å². The molecule has 162 valence electrons. The average molecular weight is 459 g/mol. The topological polar surface area (TPSA) is 81.2 Å². The Kier molecular flexibility index (Phi) is 5.31. The van der Waals surface area contributed by atoms with Crippen LogP contribution in [0.3, 0.4) is 0 Å². The highest BCUT2D eigenvalue weighted by atomic mass is 35.5. The van der Waals surface area contributed by atoms with Crippen LogP contribution < -0.4 is 4.31 Å². The number of nitrogens with zero attached hydrogens (tertiary/aromatic N) is 4. The number of hydrogen-bond donors (Lipinski definition) is 0. The van der Waals surface area contributed by atoms with Crippen LogP contribution in [0.4, 0.5) is 5.69 Å². The first-order chi connectivity index (χ1) is 14.7. The van der Waals surface area contributed by atoms with Crippen LogP contribution in [0.5, 0.6) is 0 Å². The SMILES string of the molecule is CC[C@@](c1ccc(Cl)cc1)(c1noc(C)n1)n1ccc2c(N(C)S(C)(=O)=O)cccc21. The number of halogens is 1. The Labute approximate surface area is 186 Å². The van der Waals surface area contributed by atoms with E-state index in [0.717, 1.165) is 16.5 Å². The van der Waals surface area contributed by atoms with Crippen molar-refractivity contribution in [1.82, 2.24) is 14.7 Å². The van der Waals surface area contributed by atoms with Crippen molar-refractivity contribution in [3.8, 4) is 0 Å². The Morgan fingerprint density at radius 1 is 1.16 bits per heavy atom. The summed E-state index contributed by atoms with van der Waals surface area (Å²) in [6.07, 6.45) is 3.76. The molecule has 0 aliphatic carbocycles. The van der Waals surface area contributed by atoms with Crippen LogP contribution in [0, 0.1) is 6.92 Å². The molecule has 0 radical (unpaired) electrons. The van der Waals surface area contributed by atoms with Crippen molar-refractivity contribution in [3.63, 3.8) is 0 Å². The maximum Gasteiger partial charge on any atom is 0.232 e. The van der Waals surface area contributed by atoms with Gasteiger partial charge in [-0.2, -0.15) is 4.98 Å². The second-order valence-corrected chi connectivity index (χ2v) is 9.93.